The van der Waals surface area contributed by atoms with Crippen LogP contribution in [0.1, 0.15) is 33.6 Å². The minimum absolute atomic E-state index is 0.756. The normalized spacial score (nSPS) is 10.8. The molecule has 2 heteroatoms. The van der Waals surface area contributed by atoms with Crippen molar-refractivity contribution in [3.05, 3.63) is 29.3 Å². The molecule has 90 valence electrons. The SMILES string of the molecule is CCCN(CCC(C)C)c1ccc(Cl)cc1. The monoisotopic (exact) mass is 239 g/mol. The molecule has 0 aliphatic rings. The molecule has 1 aromatic carbocycles. The van der Waals surface area contributed by atoms with E-state index in [1.807, 2.05) is 12.1 Å². The van der Waals surface area contributed by atoms with Crippen LogP contribution in [0.5, 0.6) is 0 Å². The van der Waals surface area contributed by atoms with Gasteiger partial charge in [-0.2, -0.15) is 0 Å². The molecule has 0 fully saturated rings. The van der Waals surface area contributed by atoms with Crippen LogP contribution in [0.3, 0.4) is 0 Å². The van der Waals surface area contributed by atoms with Gasteiger partial charge in [-0.3, -0.25) is 0 Å². The zero-order valence-electron chi connectivity index (χ0n) is 10.5. The third kappa shape index (κ3) is 4.44. The Bertz CT molecular complexity index is 292. The van der Waals surface area contributed by atoms with Crippen molar-refractivity contribution in [2.75, 3.05) is 18.0 Å². The Balaban J connectivity index is 2.64. The van der Waals surface area contributed by atoms with Gasteiger partial charge in [0.2, 0.25) is 0 Å². The Labute approximate surface area is 104 Å². The van der Waals surface area contributed by atoms with Crippen LogP contribution in [-0.4, -0.2) is 13.1 Å². The van der Waals surface area contributed by atoms with Crippen LogP contribution < -0.4 is 4.90 Å². The van der Waals surface area contributed by atoms with Gasteiger partial charge >= 0.3 is 0 Å². The highest BCUT2D eigenvalue weighted by atomic mass is 35.5. The maximum atomic E-state index is 5.90. The van der Waals surface area contributed by atoms with Crippen LogP contribution in [-0.2, 0) is 0 Å². The fourth-order valence-corrected chi connectivity index (χ4v) is 1.83. The van der Waals surface area contributed by atoms with Crippen molar-refractivity contribution < 1.29 is 0 Å². The average molecular weight is 240 g/mol. The topological polar surface area (TPSA) is 3.24 Å². The van der Waals surface area contributed by atoms with Gasteiger partial charge in [-0.1, -0.05) is 32.4 Å². The molecule has 0 aliphatic heterocycles. The minimum Gasteiger partial charge on any atom is -0.372 e. The van der Waals surface area contributed by atoms with Gasteiger partial charge in [-0.15, -0.1) is 0 Å². The third-order valence-electron chi connectivity index (χ3n) is 2.66. The molecule has 1 aromatic rings. The molecule has 0 N–H and O–H groups in total. The smallest absolute Gasteiger partial charge is 0.0407 e. The van der Waals surface area contributed by atoms with Gasteiger partial charge in [0, 0.05) is 23.8 Å². The highest BCUT2D eigenvalue weighted by Gasteiger charge is 2.06. The number of anilines is 1. The number of rotatable bonds is 6. The number of benzene rings is 1. The summed E-state index contributed by atoms with van der Waals surface area (Å²) in [7, 11) is 0. The largest absolute Gasteiger partial charge is 0.372 e. The van der Waals surface area contributed by atoms with E-state index in [1.165, 1.54) is 18.5 Å². The Morgan fingerprint density at radius 1 is 1.12 bits per heavy atom. The summed E-state index contributed by atoms with van der Waals surface area (Å²) in [6.07, 6.45) is 2.42. The molecule has 0 amide bonds. The van der Waals surface area contributed by atoms with E-state index in [0.717, 1.165) is 24.0 Å². The average Bonchev–Trinajstić information content (AvgIpc) is 2.25. The van der Waals surface area contributed by atoms with Gasteiger partial charge in [0.05, 0.1) is 0 Å². The van der Waals surface area contributed by atoms with Crippen molar-refractivity contribution in [1.82, 2.24) is 0 Å². The van der Waals surface area contributed by atoms with Crippen LogP contribution in [0, 0.1) is 5.92 Å². The molecule has 0 radical (unpaired) electrons. The van der Waals surface area contributed by atoms with Crippen LogP contribution in [0.25, 0.3) is 0 Å². The fraction of sp³-hybridized carbons (Fsp3) is 0.571. The number of hydrogen-bond donors (Lipinski definition) is 0. The lowest BCUT2D eigenvalue weighted by atomic mass is 10.1. The zero-order chi connectivity index (χ0) is 12.0. The van der Waals surface area contributed by atoms with Crippen molar-refractivity contribution in [2.45, 2.75) is 33.6 Å². The van der Waals surface area contributed by atoms with Gasteiger partial charge in [-0.25, -0.2) is 0 Å². The van der Waals surface area contributed by atoms with E-state index in [1.54, 1.807) is 0 Å². The Morgan fingerprint density at radius 2 is 1.75 bits per heavy atom. The Kier molecular flexibility index (Phi) is 5.68. The lowest BCUT2D eigenvalue weighted by molar-refractivity contribution is 0.570. The van der Waals surface area contributed by atoms with E-state index in [0.29, 0.717) is 0 Å². The molecule has 0 unspecified atom stereocenters. The second kappa shape index (κ2) is 6.80. The lowest BCUT2D eigenvalue weighted by Crippen LogP contribution is -2.26. The van der Waals surface area contributed by atoms with Gasteiger partial charge in [0.25, 0.3) is 0 Å². The van der Waals surface area contributed by atoms with Crippen LogP contribution in [0.4, 0.5) is 5.69 Å². The lowest BCUT2D eigenvalue weighted by Gasteiger charge is -2.25. The van der Waals surface area contributed by atoms with E-state index in [4.69, 9.17) is 11.6 Å². The van der Waals surface area contributed by atoms with Crippen molar-refractivity contribution in [3.63, 3.8) is 0 Å². The molecule has 1 rings (SSSR count). The van der Waals surface area contributed by atoms with Crippen molar-refractivity contribution in [1.29, 1.82) is 0 Å². The molecule has 0 aromatic heterocycles. The first-order chi connectivity index (χ1) is 7.63. The summed E-state index contributed by atoms with van der Waals surface area (Å²) in [6.45, 7) is 9.01. The molecule has 0 saturated carbocycles. The number of hydrogen-bond acceptors (Lipinski definition) is 1. The van der Waals surface area contributed by atoms with Crippen molar-refractivity contribution >= 4 is 17.3 Å². The highest BCUT2D eigenvalue weighted by molar-refractivity contribution is 6.30. The first-order valence-corrected chi connectivity index (χ1v) is 6.51. The van der Waals surface area contributed by atoms with E-state index >= 15 is 0 Å². The maximum absolute atomic E-state index is 5.90. The predicted molar refractivity (Wildman–Crippen MR) is 73.4 cm³/mol. The van der Waals surface area contributed by atoms with Gasteiger partial charge in [0.15, 0.2) is 0 Å². The molecule has 0 saturated heterocycles. The van der Waals surface area contributed by atoms with Crippen molar-refractivity contribution in [2.24, 2.45) is 5.92 Å². The molecular formula is C14H22ClN. The molecule has 0 aliphatic carbocycles. The van der Waals surface area contributed by atoms with E-state index in [9.17, 15) is 0 Å². The molecular weight excluding hydrogens is 218 g/mol. The number of halogens is 1. The first-order valence-electron chi connectivity index (χ1n) is 6.14. The highest BCUT2D eigenvalue weighted by Crippen LogP contribution is 2.19. The fourth-order valence-electron chi connectivity index (χ4n) is 1.71. The quantitative estimate of drug-likeness (QED) is 0.701. The van der Waals surface area contributed by atoms with Crippen LogP contribution in [0.15, 0.2) is 24.3 Å². The van der Waals surface area contributed by atoms with E-state index in [-0.39, 0.29) is 0 Å². The summed E-state index contributed by atoms with van der Waals surface area (Å²) >= 11 is 5.90. The van der Waals surface area contributed by atoms with Gasteiger partial charge in [-0.05, 0) is 43.0 Å². The van der Waals surface area contributed by atoms with Gasteiger partial charge in [0.1, 0.15) is 0 Å². The predicted octanol–water partition coefficient (Wildman–Crippen LogP) is 4.60. The summed E-state index contributed by atoms with van der Waals surface area (Å²) in [5.74, 6) is 0.756. The maximum Gasteiger partial charge on any atom is 0.0407 e. The van der Waals surface area contributed by atoms with E-state index < -0.39 is 0 Å². The Hall–Kier alpha value is -0.690. The minimum atomic E-state index is 0.756. The molecule has 0 spiro atoms. The van der Waals surface area contributed by atoms with Crippen molar-refractivity contribution in [3.8, 4) is 0 Å². The zero-order valence-corrected chi connectivity index (χ0v) is 11.3. The van der Waals surface area contributed by atoms with Gasteiger partial charge < -0.3 is 4.90 Å². The number of nitrogens with zero attached hydrogens (tertiary/aromatic N) is 1. The summed E-state index contributed by atoms with van der Waals surface area (Å²) in [4.78, 5) is 2.44. The Morgan fingerprint density at radius 3 is 2.25 bits per heavy atom. The molecule has 0 atom stereocenters. The molecule has 0 bridgehead atoms. The summed E-state index contributed by atoms with van der Waals surface area (Å²) in [6, 6.07) is 8.15. The van der Waals surface area contributed by atoms with E-state index in [2.05, 4.69) is 37.8 Å². The third-order valence-corrected chi connectivity index (χ3v) is 2.91. The molecule has 16 heavy (non-hydrogen) atoms. The summed E-state index contributed by atoms with van der Waals surface area (Å²) in [5.41, 5.74) is 1.28. The molecule has 1 nitrogen and oxygen atoms in total. The van der Waals surface area contributed by atoms with Crippen LogP contribution in [0.2, 0.25) is 5.02 Å². The summed E-state index contributed by atoms with van der Waals surface area (Å²) in [5, 5.41) is 0.809. The van der Waals surface area contributed by atoms with Crippen LogP contribution >= 0.6 is 11.6 Å². The standard InChI is InChI=1S/C14H22ClN/c1-4-10-16(11-9-12(2)3)14-7-5-13(15)6-8-14/h5-8,12H,4,9-11H2,1-3H3. The second-order valence-corrected chi connectivity index (χ2v) is 5.08. The molecule has 0 heterocycles. The summed E-state index contributed by atoms with van der Waals surface area (Å²) < 4.78 is 0. The second-order valence-electron chi connectivity index (χ2n) is 4.65. The first kappa shape index (κ1) is 13.4.